The smallest absolute Gasteiger partial charge is 0.262 e. The van der Waals surface area contributed by atoms with Crippen molar-refractivity contribution >= 4 is 11.6 Å². The van der Waals surface area contributed by atoms with Gasteiger partial charge in [0.1, 0.15) is 11.5 Å². The maximum atomic E-state index is 12.2. The normalized spacial score (nSPS) is 10.1. The van der Waals surface area contributed by atoms with Crippen LogP contribution in [0.15, 0.2) is 78.9 Å². The fourth-order valence-corrected chi connectivity index (χ4v) is 2.24. The first-order chi connectivity index (χ1) is 12.2. The monoisotopic (exact) mass is 333 g/mol. The van der Waals surface area contributed by atoms with Crippen molar-refractivity contribution in [3.63, 3.8) is 0 Å². The van der Waals surface area contributed by atoms with Crippen molar-refractivity contribution in [1.82, 2.24) is 0 Å². The first-order valence-corrected chi connectivity index (χ1v) is 8.02. The first kappa shape index (κ1) is 16.6. The van der Waals surface area contributed by atoms with Gasteiger partial charge in [-0.15, -0.1) is 0 Å². The Morgan fingerprint density at radius 2 is 1.52 bits per heavy atom. The summed E-state index contributed by atoms with van der Waals surface area (Å²) in [5.41, 5.74) is 1.74. The van der Waals surface area contributed by atoms with E-state index in [1.54, 1.807) is 6.07 Å². The number of carbonyl (C=O) groups excluding carboxylic acids is 1. The summed E-state index contributed by atoms with van der Waals surface area (Å²) in [5.74, 6) is 1.71. The van der Waals surface area contributed by atoms with E-state index in [0.717, 1.165) is 5.56 Å². The molecule has 25 heavy (non-hydrogen) atoms. The molecule has 0 saturated heterocycles. The maximum Gasteiger partial charge on any atom is 0.262 e. The van der Waals surface area contributed by atoms with Crippen molar-refractivity contribution in [1.29, 1.82) is 0 Å². The second-order valence-electron chi connectivity index (χ2n) is 5.56. The fraction of sp³-hybridized carbons (Fsp3) is 0.0952. The number of benzene rings is 3. The zero-order valence-electron chi connectivity index (χ0n) is 13.9. The number of nitrogens with one attached hydrogen (secondary N) is 1. The average Bonchev–Trinajstić information content (AvgIpc) is 2.64. The number of anilines is 1. The predicted molar refractivity (Wildman–Crippen MR) is 98.3 cm³/mol. The van der Waals surface area contributed by atoms with Crippen LogP contribution in [0.3, 0.4) is 0 Å². The van der Waals surface area contributed by atoms with Crippen molar-refractivity contribution < 1.29 is 14.3 Å². The van der Waals surface area contributed by atoms with Crippen LogP contribution in [0.25, 0.3) is 0 Å². The molecule has 3 rings (SSSR count). The summed E-state index contributed by atoms with van der Waals surface area (Å²) in [7, 11) is 0. The van der Waals surface area contributed by atoms with Crippen molar-refractivity contribution in [3.8, 4) is 17.2 Å². The summed E-state index contributed by atoms with van der Waals surface area (Å²) in [5, 5.41) is 2.82. The average molecular weight is 333 g/mol. The summed E-state index contributed by atoms with van der Waals surface area (Å²) in [6.45, 7) is 1.93. The fourth-order valence-electron chi connectivity index (χ4n) is 2.24. The molecule has 126 valence electrons. The van der Waals surface area contributed by atoms with Gasteiger partial charge in [0, 0.05) is 0 Å². The highest BCUT2D eigenvalue weighted by molar-refractivity contribution is 5.93. The van der Waals surface area contributed by atoms with E-state index < -0.39 is 0 Å². The number of rotatable bonds is 6. The van der Waals surface area contributed by atoms with E-state index in [-0.39, 0.29) is 12.5 Å². The molecule has 1 amide bonds. The van der Waals surface area contributed by atoms with E-state index >= 15 is 0 Å². The van der Waals surface area contributed by atoms with Crippen LogP contribution in [0.5, 0.6) is 17.2 Å². The molecule has 1 N–H and O–H groups in total. The van der Waals surface area contributed by atoms with Gasteiger partial charge in [-0.1, -0.05) is 48.0 Å². The van der Waals surface area contributed by atoms with E-state index in [9.17, 15) is 4.79 Å². The standard InChI is InChI=1S/C21H19NO3/c1-16-11-13-17(14-12-16)24-15-21(23)22-19-9-5-6-10-20(19)25-18-7-3-2-4-8-18/h2-14H,15H2,1H3,(H,22,23). The number of carbonyl (C=O) groups is 1. The summed E-state index contributed by atoms with van der Waals surface area (Å²) < 4.78 is 11.3. The molecule has 0 unspecified atom stereocenters. The molecule has 3 aromatic rings. The lowest BCUT2D eigenvalue weighted by atomic mass is 10.2. The molecule has 3 aromatic carbocycles. The summed E-state index contributed by atoms with van der Waals surface area (Å²) in [6.07, 6.45) is 0. The largest absolute Gasteiger partial charge is 0.484 e. The minimum absolute atomic E-state index is 0.0667. The molecule has 0 bridgehead atoms. The Labute approximate surface area is 147 Å². The first-order valence-electron chi connectivity index (χ1n) is 8.02. The minimum atomic E-state index is -0.246. The van der Waals surface area contributed by atoms with Gasteiger partial charge in [-0.05, 0) is 43.3 Å². The second-order valence-corrected chi connectivity index (χ2v) is 5.56. The lowest BCUT2D eigenvalue weighted by molar-refractivity contribution is -0.118. The predicted octanol–water partition coefficient (Wildman–Crippen LogP) is 4.80. The molecule has 0 aliphatic rings. The highest BCUT2D eigenvalue weighted by Gasteiger charge is 2.09. The highest BCUT2D eigenvalue weighted by atomic mass is 16.5. The Bertz CT molecular complexity index is 829. The molecular formula is C21H19NO3. The van der Waals surface area contributed by atoms with Crippen LogP contribution in [-0.4, -0.2) is 12.5 Å². The van der Waals surface area contributed by atoms with Gasteiger partial charge < -0.3 is 14.8 Å². The van der Waals surface area contributed by atoms with Gasteiger partial charge in [-0.3, -0.25) is 4.79 Å². The van der Waals surface area contributed by atoms with Crippen molar-refractivity contribution in [2.75, 3.05) is 11.9 Å². The topological polar surface area (TPSA) is 47.6 Å². The Hall–Kier alpha value is -3.27. The van der Waals surface area contributed by atoms with Gasteiger partial charge >= 0.3 is 0 Å². The molecule has 4 nitrogen and oxygen atoms in total. The molecule has 0 saturated carbocycles. The molecule has 0 radical (unpaired) electrons. The van der Waals surface area contributed by atoms with Gasteiger partial charge in [-0.2, -0.15) is 0 Å². The van der Waals surface area contributed by atoms with E-state index in [4.69, 9.17) is 9.47 Å². The molecule has 4 heteroatoms. The Morgan fingerprint density at radius 1 is 0.840 bits per heavy atom. The lowest BCUT2D eigenvalue weighted by Gasteiger charge is -2.12. The number of aryl methyl sites for hydroxylation is 1. The van der Waals surface area contributed by atoms with E-state index in [2.05, 4.69) is 5.32 Å². The Morgan fingerprint density at radius 3 is 2.28 bits per heavy atom. The SMILES string of the molecule is Cc1ccc(OCC(=O)Nc2ccccc2Oc2ccccc2)cc1. The highest BCUT2D eigenvalue weighted by Crippen LogP contribution is 2.29. The van der Waals surface area contributed by atoms with Gasteiger partial charge in [0.2, 0.25) is 0 Å². The van der Waals surface area contributed by atoms with E-state index in [1.165, 1.54) is 0 Å². The van der Waals surface area contributed by atoms with Gasteiger partial charge in [0.05, 0.1) is 5.69 Å². The molecular weight excluding hydrogens is 314 g/mol. The summed E-state index contributed by atoms with van der Waals surface area (Å²) >= 11 is 0. The van der Waals surface area contributed by atoms with Gasteiger partial charge in [0.25, 0.3) is 5.91 Å². The zero-order valence-corrected chi connectivity index (χ0v) is 13.9. The van der Waals surface area contributed by atoms with Gasteiger partial charge in [-0.25, -0.2) is 0 Å². The van der Waals surface area contributed by atoms with Crippen LogP contribution in [0.1, 0.15) is 5.56 Å². The Balaban J connectivity index is 1.62. The maximum absolute atomic E-state index is 12.2. The molecule has 0 aliphatic heterocycles. The quantitative estimate of drug-likeness (QED) is 0.704. The third kappa shape index (κ3) is 4.85. The summed E-state index contributed by atoms with van der Waals surface area (Å²) in [4.78, 5) is 12.2. The van der Waals surface area contributed by atoms with Crippen LogP contribution in [-0.2, 0) is 4.79 Å². The molecule has 0 spiro atoms. The number of para-hydroxylation sites is 3. The van der Waals surface area contributed by atoms with Crippen LogP contribution in [0, 0.1) is 6.92 Å². The second kappa shape index (κ2) is 8.02. The number of ether oxygens (including phenoxy) is 2. The number of hydrogen-bond donors (Lipinski definition) is 1. The Kier molecular flexibility index (Phi) is 5.32. The number of hydrogen-bond acceptors (Lipinski definition) is 3. The van der Waals surface area contributed by atoms with Crippen molar-refractivity contribution in [2.45, 2.75) is 6.92 Å². The van der Waals surface area contributed by atoms with Crippen LogP contribution in [0.2, 0.25) is 0 Å². The molecule has 0 heterocycles. The third-order valence-corrected chi connectivity index (χ3v) is 3.52. The molecule has 0 aromatic heterocycles. The van der Waals surface area contributed by atoms with E-state index in [1.807, 2.05) is 79.7 Å². The van der Waals surface area contributed by atoms with Crippen LogP contribution in [0.4, 0.5) is 5.69 Å². The third-order valence-electron chi connectivity index (χ3n) is 3.52. The minimum Gasteiger partial charge on any atom is -0.484 e. The van der Waals surface area contributed by atoms with Crippen LogP contribution >= 0.6 is 0 Å². The van der Waals surface area contributed by atoms with Crippen molar-refractivity contribution in [3.05, 3.63) is 84.4 Å². The van der Waals surface area contributed by atoms with E-state index in [0.29, 0.717) is 22.9 Å². The number of amides is 1. The molecule has 0 aliphatic carbocycles. The molecule has 0 atom stereocenters. The van der Waals surface area contributed by atoms with Crippen molar-refractivity contribution in [2.24, 2.45) is 0 Å². The lowest BCUT2D eigenvalue weighted by Crippen LogP contribution is -2.20. The van der Waals surface area contributed by atoms with Gasteiger partial charge in [0.15, 0.2) is 12.4 Å². The molecule has 0 fully saturated rings. The summed E-state index contributed by atoms with van der Waals surface area (Å²) in [6, 6.07) is 24.3. The zero-order chi connectivity index (χ0) is 17.5. The van der Waals surface area contributed by atoms with Crippen LogP contribution < -0.4 is 14.8 Å².